The summed E-state index contributed by atoms with van der Waals surface area (Å²) >= 11 is 0. The fourth-order valence-corrected chi connectivity index (χ4v) is 2.42. The second-order valence-corrected chi connectivity index (χ2v) is 4.66. The van der Waals surface area contributed by atoms with Crippen LogP contribution in [-0.2, 0) is 0 Å². The van der Waals surface area contributed by atoms with E-state index < -0.39 is 17.7 Å². The highest BCUT2D eigenvalue weighted by Gasteiger charge is 2.20. The Labute approximate surface area is 120 Å². The second-order valence-electron chi connectivity index (χ2n) is 4.66. The molecule has 1 unspecified atom stereocenters. The van der Waals surface area contributed by atoms with Crippen molar-refractivity contribution in [1.82, 2.24) is 15.3 Å². The summed E-state index contributed by atoms with van der Waals surface area (Å²) < 4.78 is 28.0. The van der Waals surface area contributed by atoms with Crippen LogP contribution in [0, 0.1) is 11.6 Å². The van der Waals surface area contributed by atoms with E-state index in [1.807, 2.05) is 0 Å². The Morgan fingerprint density at radius 2 is 1.62 bits per heavy atom. The molecule has 0 saturated carbocycles. The van der Waals surface area contributed by atoms with E-state index in [-0.39, 0.29) is 5.56 Å². The summed E-state index contributed by atoms with van der Waals surface area (Å²) in [6, 6.07) is 8.65. The first-order valence-electron chi connectivity index (χ1n) is 6.52. The van der Waals surface area contributed by atoms with Crippen LogP contribution in [0.25, 0.3) is 11.0 Å². The number of fused-ring (bicyclic) bond motifs is 1. The summed E-state index contributed by atoms with van der Waals surface area (Å²) in [4.78, 5) is 8.40. The van der Waals surface area contributed by atoms with Crippen molar-refractivity contribution in [3.63, 3.8) is 0 Å². The van der Waals surface area contributed by atoms with Crippen LogP contribution in [0.15, 0.2) is 48.8 Å². The van der Waals surface area contributed by atoms with Gasteiger partial charge in [-0.1, -0.05) is 12.1 Å². The van der Waals surface area contributed by atoms with Gasteiger partial charge in [-0.2, -0.15) is 0 Å². The molecule has 0 bridgehead atoms. The van der Waals surface area contributed by atoms with Crippen molar-refractivity contribution in [3.8, 4) is 0 Å². The average Bonchev–Trinajstić information content (AvgIpc) is 2.50. The predicted octanol–water partition coefficient (Wildman–Crippen LogP) is 3.22. The number of nitrogens with one attached hydrogen (secondary N) is 1. The number of rotatable bonds is 3. The SMILES string of the molecule is CNC(c1ccc2nccnc2c1)c1c(F)cccc1F. The van der Waals surface area contributed by atoms with Gasteiger partial charge in [0.05, 0.1) is 17.1 Å². The predicted molar refractivity (Wildman–Crippen MR) is 76.8 cm³/mol. The van der Waals surface area contributed by atoms with Gasteiger partial charge in [0.15, 0.2) is 0 Å². The molecule has 106 valence electrons. The first kappa shape index (κ1) is 13.6. The van der Waals surface area contributed by atoms with Gasteiger partial charge in [0.2, 0.25) is 0 Å². The van der Waals surface area contributed by atoms with Gasteiger partial charge in [0, 0.05) is 18.0 Å². The lowest BCUT2D eigenvalue weighted by Gasteiger charge is -2.18. The first-order valence-corrected chi connectivity index (χ1v) is 6.52. The van der Waals surface area contributed by atoms with E-state index in [2.05, 4.69) is 15.3 Å². The summed E-state index contributed by atoms with van der Waals surface area (Å²) in [6.07, 6.45) is 3.19. The fourth-order valence-electron chi connectivity index (χ4n) is 2.42. The number of hydrogen-bond acceptors (Lipinski definition) is 3. The van der Waals surface area contributed by atoms with Crippen LogP contribution in [0.5, 0.6) is 0 Å². The van der Waals surface area contributed by atoms with Crippen LogP contribution in [0.3, 0.4) is 0 Å². The van der Waals surface area contributed by atoms with Crippen LogP contribution in [0.1, 0.15) is 17.2 Å². The Balaban J connectivity index is 2.14. The highest BCUT2D eigenvalue weighted by atomic mass is 19.1. The maximum atomic E-state index is 14.0. The van der Waals surface area contributed by atoms with E-state index in [1.165, 1.54) is 18.2 Å². The Bertz CT molecular complexity index is 769. The molecule has 5 heteroatoms. The Morgan fingerprint density at radius 3 is 2.29 bits per heavy atom. The highest BCUT2D eigenvalue weighted by molar-refractivity contribution is 5.74. The molecule has 1 heterocycles. The Morgan fingerprint density at radius 1 is 0.952 bits per heavy atom. The van der Waals surface area contributed by atoms with E-state index in [9.17, 15) is 8.78 Å². The summed E-state index contributed by atoms with van der Waals surface area (Å²) in [5.41, 5.74) is 2.16. The van der Waals surface area contributed by atoms with Crippen LogP contribution in [-0.4, -0.2) is 17.0 Å². The van der Waals surface area contributed by atoms with Gasteiger partial charge in [0.1, 0.15) is 11.6 Å². The molecule has 2 aromatic carbocycles. The molecule has 0 amide bonds. The lowest BCUT2D eigenvalue weighted by molar-refractivity contribution is 0.522. The molecule has 0 aliphatic heterocycles. The van der Waals surface area contributed by atoms with E-state index in [1.54, 1.807) is 37.6 Å². The summed E-state index contributed by atoms with van der Waals surface area (Å²) in [7, 11) is 1.66. The second kappa shape index (κ2) is 5.54. The van der Waals surface area contributed by atoms with Crippen molar-refractivity contribution >= 4 is 11.0 Å². The molecule has 21 heavy (non-hydrogen) atoms. The van der Waals surface area contributed by atoms with E-state index in [0.29, 0.717) is 5.52 Å². The molecule has 3 aromatic rings. The first-order chi connectivity index (χ1) is 10.2. The number of aromatic nitrogens is 2. The molecule has 0 aliphatic rings. The van der Waals surface area contributed by atoms with Crippen molar-refractivity contribution in [3.05, 3.63) is 71.6 Å². The van der Waals surface area contributed by atoms with Crippen LogP contribution in [0.2, 0.25) is 0 Å². The van der Waals surface area contributed by atoms with Gasteiger partial charge in [-0.3, -0.25) is 9.97 Å². The van der Waals surface area contributed by atoms with Crippen molar-refractivity contribution in [2.45, 2.75) is 6.04 Å². The normalized spacial score (nSPS) is 12.5. The zero-order chi connectivity index (χ0) is 14.8. The lowest BCUT2D eigenvalue weighted by Crippen LogP contribution is -2.20. The van der Waals surface area contributed by atoms with Gasteiger partial charge < -0.3 is 5.32 Å². The van der Waals surface area contributed by atoms with Gasteiger partial charge in [0.25, 0.3) is 0 Å². The fraction of sp³-hybridized carbons (Fsp3) is 0.125. The number of benzene rings is 2. The van der Waals surface area contributed by atoms with Crippen LogP contribution >= 0.6 is 0 Å². The third kappa shape index (κ3) is 2.48. The smallest absolute Gasteiger partial charge is 0.131 e. The maximum Gasteiger partial charge on any atom is 0.131 e. The molecule has 1 aromatic heterocycles. The minimum absolute atomic E-state index is 0.00300. The molecule has 0 fully saturated rings. The minimum Gasteiger partial charge on any atom is -0.309 e. The molecule has 0 saturated heterocycles. The van der Waals surface area contributed by atoms with Crippen LogP contribution in [0.4, 0.5) is 8.78 Å². The monoisotopic (exact) mass is 285 g/mol. The largest absolute Gasteiger partial charge is 0.309 e. The van der Waals surface area contributed by atoms with E-state index in [4.69, 9.17) is 0 Å². The zero-order valence-electron chi connectivity index (χ0n) is 11.3. The summed E-state index contributed by atoms with van der Waals surface area (Å²) in [5, 5.41) is 2.95. The van der Waals surface area contributed by atoms with Crippen molar-refractivity contribution < 1.29 is 8.78 Å². The lowest BCUT2D eigenvalue weighted by atomic mass is 9.97. The summed E-state index contributed by atoms with van der Waals surface area (Å²) in [6.45, 7) is 0. The highest BCUT2D eigenvalue weighted by Crippen LogP contribution is 2.28. The number of halogens is 2. The number of nitrogens with zero attached hydrogens (tertiary/aromatic N) is 2. The number of hydrogen-bond donors (Lipinski definition) is 1. The molecule has 0 radical (unpaired) electrons. The minimum atomic E-state index is -0.586. The molecular formula is C16H13F2N3. The zero-order valence-corrected chi connectivity index (χ0v) is 11.3. The summed E-state index contributed by atoms with van der Waals surface area (Å²) in [5.74, 6) is -1.15. The Hall–Kier alpha value is -2.40. The third-order valence-corrected chi connectivity index (χ3v) is 3.40. The van der Waals surface area contributed by atoms with Gasteiger partial charge in [-0.05, 0) is 36.9 Å². The van der Waals surface area contributed by atoms with E-state index >= 15 is 0 Å². The van der Waals surface area contributed by atoms with Crippen molar-refractivity contribution in [2.75, 3.05) is 7.05 Å². The molecule has 1 N–H and O–H groups in total. The van der Waals surface area contributed by atoms with Gasteiger partial charge >= 0.3 is 0 Å². The van der Waals surface area contributed by atoms with Crippen molar-refractivity contribution in [1.29, 1.82) is 0 Å². The molecule has 0 aliphatic carbocycles. The molecule has 1 atom stereocenters. The van der Waals surface area contributed by atoms with E-state index in [0.717, 1.165) is 11.1 Å². The molecule has 3 nitrogen and oxygen atoms in total. The van der Waals surface area contributed by atoms with Crippen molar-refractivity contribution in [2.24, 2.45) is 0 Å². The van der Waals surface area contributed by atoms with Crippen LogP contribution < -0.4 is 5.32 Å². The molecule has 3 rings (SSSR count). The standard InChI is InChI=1S/C16H13F2N3/c1-19-16(15-11(17)3-2-4-12(15)18)10-5-6-13-14(9-10)21-8-7-20-13/h2-9,16,19H,1H3. The molecule has 0 spiro atoms. The maximum absolute atomic E-state index is 14.0. The quantitative estimate of drug-likeness (QED) is 0.803. The topological polar surface area (TPSA) is 37.8 Å². The average molecular weight is 285 g/mol. The third-order valence-electron chi connectivity index (χ3n) is 3.40. The van der Waals surface area contributed by atoms with Gasteiger partial charge in [-0.15, -0.1) is 0 Å². The van der Waals surface area contributed by atoms with Gasteiger partial charge in [-0.25, -0.2) is 8.78 Å². The molecular weight excluding hydrogens is 272 g/mol. The Kier molecular flexibility index (Phi) is 3.58.